The highest BCUT2D eigenvalue weighted by molar-refractivity contribution is 5.71. The van der Waals surface area contributed by atoms with E-state index in [4.69, 9.17) is 14.2 Å². The van der Waals surface area contributed by atoms with Gasteiger partial charge in [-0.05, 0) is 44.9 Å². The van der Waals surface area contributed by atoms with Crippen LogP contribution < -0.4 is 0 Å². The Hall–Kier alpha value is -2.11. The van der Waals surface area contributed by atoms with E-state index >= 15 is 0 Å². The van der Waals surface area contributed by atoms with Crippen LogP contribution in [0.1, 0.15) is 425 Å². The first kappa shape index (κ1) is 79.9. The average Bonchev–Trinajstić information content (AvgIpc) is 3.48. The monoisotopic (exact) mass is 1150 g/mol. The summed E-state index contributed by atoms with van der Waals surface area (Å²) < 4.78 is 17.0. The van der Waals surface area contributed by atoms with Gasteiger partial charge in [0.05, 0.1) is 0 Å². The lowest BCUT2D eigenvalue weighted by Gasteiger charge is -2.18. The quantitative estimate of drug-likeness (QED) is 0.0261. The minimum Gasteiger partial charge on any atom is -0.462 e. The summed E-state index contributed by atoms with van der Waals surface area (Å²) in [6, 6.07) is 0. The molecule has 0 fully saturated rings. The Kier molecular flexibility index (Phi) is 69.5. The zero-order chi connectivity index (χ0) is 59.2. The summed E-state index contributed by atoms with van der Waals surface area (Å²) in [7, 11) is 0. The van der Waals surface area contributed by atoms with Crippen molar-refractivity contribution in [2.75, 3.05) is 13.2 Å². The molecule has 0 rings (SSSR count). The van der Waals surface area contributed by atoms with E-state index in [2.05, 4.69) is 45.1 Å². The maximum atomic E-state index is 13.0. The number of allylic oxidation sites excluding steroid dienone is 4. The van der Waals surface area contributed by atoms with Gasteiger partial charge in [-0.25, -0.2) is 0 Å². The normalized spacial score (nSPS) is 12.1. The van der Waals surface area contributed by atoms with Crippen molar-refractivity contribution in [2.24, 2.45) is 0 Å². The van der Waals surface area contributed by atoms with E-state index in [1.165, 1.54) is 308 Å². The minimum absolute atomic E-state index is 0.0691. The van der Waals surface area contributed by atoms with E-state index < -0.39 is 6.10 Å². The van der Waals surface area contributed by atoms with Crippen LogP contribution in [0.25, 0.3) is 0 Å². The molecule has 0 aliphatic rings. The molecule has 0 aromatic heterocycles. The second-order valence-corrected chi connectivity index (χ2v) is 25.6. The Morgan fingerprint density at radius 2 is 0.451 bits per heavy atom. The lowest BCUT2D eigenvalue weighted by molar-refractivity contribution is -0.167. The van der Waals surface area contributed by atoms with Gasteiger partial charge >= 0.3 is 17.9 Å². The van der Waals surface area contributed by atoms with E-state index in [1.54, 1.807) is 0 Å². The van der Waals surface area contributed by atoms with Crippen LogP contribution >= 0.6 is 0 Å². The first-order valence-corrected chi connectivity index (χ1v) is 37.3. The molecule has 1 atom stereocenters. The molecule has 0 N–H and O–H groups in total. The Morgan fingerprint density at radius 1 is 0.244 bits per heavy atom. The largest absolute Gasteiger partial charge is 0.462 e. The molecule has 0 amide bonds. The molecule has 6 heteroatoms. The number of unbranched alkanes of at least 4 members (excludes halogenated alkanes) is 55. The fourth-order valence-corrected chi connectivity index (χ4v) is 11.6. The first-order chi connectivity index (χ1) is 40.5. The summed E-state index contributed by atoms with van der Waals surface area (Å²) in [6.07, 6.45) is 88.0. The third kappa shape index (κ3) is 68.7. The van der Waals surface area contributed by atoms with E-state index in [-0.39, 0.29) is 31.1 Å². The topological polar surface area (TPSA) is 78.9 Å². The summed E-state index contributed by atoms with van der Waals surface area (Å²) in [4.78, 5) is 38.5. The van der Waals surface area contributed by atoms with Gasteiger partial charge in [0.25, 0.3) is 0 Å². The molecule has 0 saturated heterocycles. The number of rotatable bonds is 70. The Labute approximate surface area is 513 Å². The predicted octanol–water partition coefficient (Wildman–Crippen LogP) is 25.7. The minimum atomic E-state index is -0.774. The van der Waals surface area contributed by atoms with Gasteiger partial charge < -0.3 is 14.2 Å². The van der Waals surface area contributed by atoms with Crippen LogP contribution in [0.15, 0.2) is 24.3 Å². The van der Waals surface area contributed by atoms with Crippen molar-refractivity contribution in [3.8, 4) is 0 Å². The van der Waals surface area contributed by atoms with Crippen LogP contribution in [-0.4, -0.2) is 37.2 Å². The molecule has 0 saturated carbocycles. The van der Waals surface area contributed by atoms with Gasteiger partial charge in [-0.15, -0.1) is 0 Å². The molecule has 0 bridgehead atoms. The van der Waals surface area contributed by atoms with Gasteiger partial charge in [-0.3, -0.25) is 14.4 Å². The molecular weight excluding hydrogens is 1010 g/mol. The van der Waals surface area contributed by atoms with Gasteiger partial charge in [0.2, 0.25) is 0 Å². The molecule has 0 heterocycles. The fraction of sp³-hybridized carbons (Fsp3) is 0.908. The number of hydrogen-bond donors (Lipinski definition) is 0. The number of esters is 3. The molecule has 0 spiro atoms. The Morgan fingerprint density at radius 3 is 0.707 bits per heavy atom. The predicted molar refractivity (Wildman–Crippen MR) is 358 cm³/mol. The van der Waals surface area contributed by atoms with E-state index in [1.807, 2.05) is 0 Å². The highest BCUT2D eigenvalue weighted by Crippen LogP contribution is 2.20. The SMILES string of the molecule is CCCC/C=C\C/C=C\CCCCCCCC(=O)OCC(COC(=O)CCCCCCCCCCCCCCCCCCCCCCCCCCCCCC)OC(=O)CCCCCCCCCCCCCCCCCCCCCCCC. The average molecular weight is 1150 g/mol. The van der Waals surface area contributed by atoms with Gasteiger partial charge in [0, 0.05) is 19.3 Å². The molecule has 0 aromatic carbocycles. The van der Waals surface area contributed by atoms with E-state index in [9.17, 15) is 14.4 Å². The van der Waals surface area contributed by atoms with Crippen molar-refractivity contribution in [2.45, 2.75) is 431 Å². The number of carbonyl (C=O) groups excluding carboxylic acids is 3. The molecular formula is C76H144O6. The van der Waals surface area contributed by atoms with E-state index in [0.29, 0.717) is 19.3 Å². The molecule has 6 nitrogen and oxygen atoms in total. The Balaban J connectivity index is 4.19. The van der Waals surface area contributed by atoms with Crippen molar-refractivity contribution in [1.82, 2.24) is 0 Å². The molecule has 0 aromatic rings. The number of ether oxygens (including phenoxy) is 3. The molecule has 484 valence electrons. The standard InChI is InChI=1S/C76H144O6/c1-4-7-10-13-16-19-22-25-28-30-32-34-36-37-38-39-40-41-43-44-46-48-51-54-57-60-63-66-69-75(78)81-72-73(71-80-74(77)68-65-62-59-56-53-50-27-24-21-18-15-12-9-6-3)82-76(79)70-67-64-61-58-55-52-49-47-45-42-35-33-31-29-26-23-20-17-14-11-8-5-2/h15,18,24,27,73H,4-14,16-17,19-23,25-26,28-72H2,1-3H3/b18-15-,27-24-. The second kappa shape index (κ2) is 71.4. The van der Waals surface area contributed by atoms with Gasteiger partial charge in [-0.2, -0.15) is 0 Å². The molecule has 0 aliphatic carbocycles. The maximum absolute atomic E-state index is 13.0. The van der Waals surface area contributed by atoms with Crippen molar-refractivity contribution in [1.29, 1.82) is 0 Å². The van der Waals surface area contributed by atoms with Crippen LogP contribution in [0.3, 0.4) is 0 Å². The van der Waals surface area contributed by atoms with E-state index in [0.717, 1.165) is 77.0 Å². The number of carbonyl (C=O) groups is 3. The third-order valence-corrected chi connectivity index (χ3v) is 17.2. The van der Waals surface area contributed by atoms with Crippen molar-refractivity contribution in [3.05, 3.63) is 24.3 Å². The molecule has 82 heavy (non-hydrogen) atoms. The summed E-state index contributed by atoms with van der Waals surface area (Å²) in [5.41, 5.74) is 0. The molecule has 0 aliphatic heterocycles. The highest BCUT2D eigenvalue weighted by Gasteiger charge is 2.20. The second-order valence-electron chi connectivity index (χ2n) is 25.6. The zero-order valence-electron chi connectivity index (χ0n) is 55.8. The Bertz CT molecular complexity index is 1320. The van der Waals surface area contributed by atoms with Crippen LogP contribution in [0.4, 0.5) is 0 Å². The summed E-state index contributed by atoms with van der Waals surface area (Å²) >= 11 is 0. The van der Waals surface area contributed by atoms with Gasteiger partial charge in [-0.1, -0.05) is 385 Å². The summed E-state index contributed by atoms with van der Waals surface area (Å²) in [5, 5.41) is 0. The van der Waals surface area contributed by atoms with Gasteiger partial charge in [0.1, 0.15) is 13.2 Å². The lowest BCUT2D eigenvalue weighted by atomic mass is 10.0. The van der Waals surface area contributed by atoms with Crippen molar-refractivity contribution < 1.29 is 28.6 Å². The van der Waals surface area contributed by atoms with Crippen molar-refractivity contribution >= 4 is 17.9 Å². The fourth-order valence-electron chi connectivity index (χ4n) is 11.6. The smallest absolute Gasteiger partial charge is 0.306 e. The summed E-state index contributed by atoms with van der Waals surface area (Å²) in [5.74, 6) is -0.849. The number of hydrogen-bond acceptors (Lipinski definition) is 6. The maximum Gasteiger partial charge on any atom is 0.306 e. The van der Waals surface area contributed by atoms with Crippen molar-refractivity contribution in [3.63, 3.8) is 0 Å². The summed E-state index contributed by atoms with van der Waals surface area (Å²) in [6.45, 7) is 6.68. The lowest BCUT2D eigenvalue weighted by Crippen LogP contribution is -2.30. The molecule has 1 unspecified atom stereocenters. The van der Waals surface area contributed by atoms with Crippen LogP contribution in [0.5, 0.6) is 0 Å². The van der Waals surface area contributed by atoms with Crippen LogP contribution in [0.2, 0.25) is 0 Å². The van der Waals surface area contributed by atoms with Gasteiger partial charge in [0.15, 0.2) is 6.10 Å². The zero-order valence-corrected chi connectivity index (χ0v) is 55.8. The first-order valence-electron chi connectivity index (χ1n) is 37.3. The molecule has 0 radical (unpaired) electrons. The van der Waals surface area contributed by atoms with Crippen LogP contribution in [0, 0.1) is 0 Å². The third-order valence-electron chi connectivity index (χ3n) is 17.2. The van der Waals surface area contributed by atoms with Crippen LogP contribution in [-0.2, 0) is 28.6 Å². The highest BCUT2D eigenvalue weighted by atomic mass is 16.6.